The van der Waals surface area contributed by atoms with Crippen LogP contribution in [0.5, 0.6) is 5.75 Å². The van der Waals surface area contributed by atoms with Crippen LogP contribution < -0.4 is 10.1 Å². The highest BCUT2D eigenvalue weighted by atomic mass is 19.4. The Morgan fingerprint density at radius 2 is 1.88 bits per heavy atom. The van der Waals surface area contributed by atoms with E-state index in [0.29, 0.717) is 12.0 Å². The van der Waals surface area contributed by atoms with E-state index in [0.717, 1.165) is 16.7 Å². The average molecular weight is 350 g/mol. The van der Waals surface area contributed by atoms with E-state index in [-0.39, 0.29) is 17.4 Å². The first-order valence-corrected chi connectivity index (χ1v) is 7.62. The van der Waals surface area contributed by atoms with Crippen molar-refractivity contribution in [2.24, 2.45) is 5.92 Å². The van der Waals surface area contributed by atoms with Gasteiger partial charge in [-0.3, -0.25) is 5.41 Å². The van der Waals surface area contributed by atoms with Gasteiger partial charge in [0, 0.05) is 11.1 Å². The van der Waals surface area contributed by atoms with Crippen LogP contribution in [0.15, 0.2) is 42.5 Å². The molecular formula is C18H17F3N2O2+2. The number of alkyl halides is 3. The Kier molecular flexibility index (Phi) is 4.34. The number of ether oxygens (including phenoxy) is 1. The molecule has 2 atom stereocenters. The lowest BCUT2D eigenvalue weighted by Gasteiger charge is -2.14. The van der Waals surface area contributed by atoms with Crippen molar-refractivity contribution in [1.82, 2.24) is 0 Å². The van der Waals surface area contributed by atoms with Gasteiger partial charge < -0.3 is 15.3 Å². The van der Waals surface area contributed by atoms with Gasteiger partial charge in [0.2, 0.25) is 0 Å². The molecule has 0 spiro atoms. The smallest absolute Gasteiger partial charge is 0.439 e. The lowest BCUT2D eigenvalue weighted by molar-refractivity contribution is -0.274. The van der Waals surface area contributed by atoms with E-state index >= 15 is 0 Å². The minimum absolute atomic E-state index is 0.230. The lowest BCUT2D eigenvalue weighted by Crippen LogP contribution is -2.29. The normalized spacial score (nSPS) is 19.4. The molecule has 2 aromatic carbocycles. The predicted molar refractivity (Wildman–Crippen MR) is 87.0 cm³/mol. The van der Waals surface area contributed by atoms with Gasteiger partial charge in [0.1, 0.15) is 5.75 Å². The van der Waals surface area contributed by atoms with Gasteiger partial charge in [-0.05, 0) is 60.0 Å². The van der Waals surface area contributed by atoms with Gasteiger partial charge >= 0.3 is 6.36 Å². The van der Waals surface area contributed by atoms with E-state index in [2.05, 4.69) is 4.74 Å². The SMILES string of the molecule is N=C(c1ccc(OC(F)(F)F)cc1)C1Cc2cc(C=[NH2+])ccc2C1[OH2+]. The van der Waals surface area contributed by atoms with Crippen molar-refractivity contribution in [2.75, 3.05) is 0 Å². The maximum atomic E-state index is 12.2. The second-order valence-corrected chi connectivity index (χ2v) is 5.90. The van der Waals surface area contributed by atoms with Crippen LogP contribution in [0.4, 0.5) is 13.2 Å². The Balaban J connectivity index is 1.79. The fraction of sp³-hybridized carbons (Fsp3) is 0.222. The van der Waals surface area contributed by atoms with Gasteiger partial charge in [-0.2, -0.15) is 0 Å². The number of fused-ring (bicyclic) bond motifs is 1. The van der Waals surface area contributed by atoms with Crippen LogP contribution in [0.25, 0.3) is 0 Å². The first kappa shape index (κ1) is 17.2. The molecule has 3 rings (SSSR count). The van der Waals surface area contributed by atoms with E-state index in [4.69, 9.17) is 15.9 Å². The molecule has 0 aromatic heterocycles. The molecule has 0 bridgehead atoms. The van der Waals surface area contributed by atoms with Crippen molar-refractivity contribution >= 4 is 11.9 Å². The van der Waals surface area contributed by atoms with Crippen molar-refractivity contribution in [3.8, 4) is 5.75 Å². The van der Waals surface area contributed by atoms with Crippen LogP contribution >= 0.6 is 0 Å². The summed E-state index contributed by atoms with van der Waals surface area (Å²) in [6.07, 6.45) is -3.31. The second kappa shape index (κ2) is 6.33. The minimum atomic E-state index is -4.74. The molecule has 7 heteroatoms. The molecule has 0 saturated carbocycles. The van der Waals surface area contributed by atoms with Gasteiger partial charge in [0.15, 0.2) is 12.3 Å². The molecule has 130 valence electrons. The summed E-state index contributed by atoms with van der Waals surface area (Å²) in [5.41, 5.74) is 3.40. The van der Waals surface area contributed by atoms with Crippen molar-refractivity contribution < 1.29 is 28.4 Å². The first-order valence-electron chi connectivity index (χ1n) is 7.62. The van der Waals surface area contributed by atoms with Crippen LogP contribution in [0.3, 0.4) is 0 Å². The summed E-state index contributed by atoms with van der Waals surface area (Å²) in [7, 11) is 0. The highest BCUT2D eigenvalue weighted by Gasteiger charge is 2.38. The maximum Gasteiger partial charge on any atom is 0.573 e. The minimum Gasteiger partial charge on any atom is -0.439 e. The zero-order valence-corrected chi connectivity index (χ0v) is 13.1. The molecule has 0 fully saturated rings. The highest BCUT2D eigenvalue weighted by molar-refractivity contribution is 6.01. The zero-order chi connectivity index (χ0) is 18.2. The third kappa shape index (κ3) is 3.56. The van der Waals surface area contributed by atoms with Crippen LogP contribution in [0.1, 0.15) is 28.4 Å². The van der Waals surface area contributed by atoms with Crippen LogP contribution in [-0.4, -0.2) is 23.4 Å². The number of halogens is 3. The molecule has 2 aromatic rings. The summed E-state index contributed by atoms with van der Waals surface area (Å²) < 4.78 is 40.5. The molecule has 0 radical (unpaired) electrons. The third-order valence-corrected chi connectivity index (χ3v) is 4.31. The number of nitrogens with one attached hydrogen (secondary N) is 1. The highest BCUT2D eigenvalue weighted by Crippen LogP contribution is 2.38. The molecule has 5 N–H and O–H groups in total. The van der Waals surface area contributed by atoms with E-state index < -0.39 is 12.5 Å². The van der Waals surface area contributed by atoms with E-state index in [1.807, 2.05) is 18.2 Å². The second-order valence-electron chi connectivity index (χ2n) is 5.90. The Bertz CT molecular complexity index is 816. The van der Waals surface area contributed by atoms with Crippen molar-refractivity contribution in [3.05, 3.63) is 64.7 Å². The van der Waals surface area contributed by atoms with Crippen molar-refractivity contribution in [2.45, 2.75) is 18.9 Å². The maximum absolute atomic E-state index is 12.2. The van der Waals surface area contributed by atoms with E-state index in [1.54, 1.807) is 0 Å². The standard InChI is InChI=1S/C18H15F3N2O2/c19-18(20,21)25-13-4-2-11(3-5-13)16(23)15-8-12-7-10(9-22)1-6-14(12)17(15)24/h1-7,9,15,17,22-24H,8H2/p+2. The van der Waals surface area contributed by atoms with Crippen LogP contribution in [0, 0.1) is 11.3 Å². The molecule has 0 amide bonds. The number of hydrogen-bond acceptors (Lipinski definition) is 2. The first-order chi connectivity index (χ1) is 11.8. The largest absolute Gasteiger partial charge is 0.573 e. The molecule has 0 saturated heterocycles. The van der Waals surface area contributed by atoms with Gasteiger partial charge in [-0.1, -0.05) is 0 Å². The van der Waals surface area contributed by atoms with Gasteiger partial charge in [0.05, 0.1) is 11.6 Å². The summed E-state index contributed by atoms with van der Waals surface area (Å²) >= 11 is 0. The Hall–Kier alpha value is -2.67. The van der Waals surface area contributed by atoms with Gasteiger partial charge in [-0.15, -0.1) is 13.2 Å². The monoisotopic (exact) mass is 350 g/mol. The fourth-order valence-corrected chi connectivity index (χ4v) is 3.10. The summed E-state index contributed by atoms with van der Waals surface area (Å²) in [5.74, 6) is -0.679. The predicted octanol–water partition coefficient (Wildman–Crippen LogP) is 1.77. The lowest BCUT2D eigenvalue weighted by atomic mass is 9.92. The van der Waals surface area contributed by atoms with Crippen molar-refractivity contribution in [1.29, 1.82) is 5.41 Å². The Labute approximate surface area is 141 Å². The number of hydrogen-bond donors (Lipinski definition) is 2. The molecule has 1 aliphatic carbocycles. The topological polar surface area (TPSA) is 81.6 Å². The van der Waals surface area contributed by atoms with Crippen LogP contribution in [-0.2, 0) is 6.42 Å². The number of benzene rings is 2. The summed E-state index contributed by atoms with van der Waals surface area (Å²) in [4.78, 5) is 0. The Morgan fingerprint density at radius 3 is 2.48 bits per heavy atom. The summed E-state index contributed by atoms with van der Waals surface area (Å²) in [6, 6.07) is 10.8. The van der Waals surface area contributed by atoms with Crippen molar-refractivity contribution in [3.63, 3.8) is 0 Å². The average Bonchev–Trinajstić information content (AvgIpc) is 2.89. The molecule has 0 aliphatic heterocycles. The molecule has 25 heavy (non-hydrogen) atoms. The van der Waals surface area contributed by atoms with E-state index in [9.17, 15) is 13.2 Å². The van der Waals surface area contributed by atoms with Crippen LogP contribution in [0.2, 0.25) is 0 Å². The summed E-state index contributed by atoms with van der Waals surface area (Å²) in [6.45, 7) is 0. The molecule has 2 unspecified atom stereocenters. The summed E-state index contributed by atoms with van der Waals surface area (Å²) in [5, 5.41) is 22.3. The van der Waals surface area contributed by atoms with E-state index in [1.165, 1.54) is 30.5 Å². The molecule has 0 heterocycles. The molecular weight excluding hydrogens is 333 g/mol. The quantitative estimate of drug-likeness (QED) is 0.639. The fourth-order valence-electron chi connectivity index (χ4n) is 3.10. The van der Waals surface area contributed by atoms with Gasteiger partial charge in [0.25, 0.3) is 0 Å². The molecule has 4 nitrogen and oxygen atoms in total. The number of nitrogens with two attached hydrogens (primary N) is 1. The Morgan fingerprint density at radius 1 is 1.20 bits per heavy atom. The van der Waals surface area contributed by atoms with Gasteiger partial charge in [-0.25, -0.2) is 0 Å². The molecule has 1 aliphatic rings. The number of rotatable bonds is 4. The zero-order valence-electron chi connectivity index (χ0n) is 13.1. The third-order valence-electron chi connectivity index (χ3n) is 4.31.